The van der Waals surface area contributed by atoms with E-state index in [1.807, 2.05) is 21.1 Å². The fraction of sp³-hybridized carbons (Fsp3) is 0.909. The van der Waals surface area contributed by atoms with Gasteiger partial charge in [0, 0.05) is 12.8 Å². The van der Waals surface area contributed by atoms with Gasteiger partial charge in [-0.3, -0.25) is 18.6 Å². The zero-order valence-corrected chi connectivity index (χ0v) is 36.9. The highest BCUT2D eigenvalue weighted by molar-refractivity contribution is 7.47. The van der Waals surface area contributed by atoms with E-state index in [0.29, 0.717) is 23.9 Å². The molecule has 0 aromatic carbocycles. The molecule has 0 aliphatic carbocycles. The van der Waals surface area contributed by atoms with Crippen molar-refractivity contribution in [3.8, 4) is 0 Å². The molecule has 1 N–H and O–H groups in total. The number of quaternary nitrogens is 1. The van der Waals surface area contributed by atoms with Crippen LogP contribution < -0.4 is 0 Å². The van der Waals surface area contributed by atoms with Crippen LogP contribution in [0.2, 0.25) is 0 Å². The minimum Gasteiger partial charge on any atom is -0.462 e. The van der Waals surface area contributed by atoms with Gasteiger partial charge in [0.15, 0.2) is 6.10 Å². The van der Waals surface area contributed by atoms with Crippen LogP contribution >= 0.6 is 7.82 Å². The molecule has 0 saturated heterocycles. The Bertz CT molecular complexity index is 938. The summed E-state index contributed by atoms with van der Waals surface area (Å²) >= 11 is 0. The molecule has 0 bridgehead atoms. The summed E-state index contributed by atoms with van der Waals surface area (Å²) in [4.78, 5) is 35.3. The van der Waals surface area contributed by atoms with Crippen LogP contribution in [0.15, 0.2) is 12.2 Å². The summed E-state index contributed by atoms with van der Waals surface area (Å²) in [6.07, 6.45) is 38.3. The van der Waals surface area contributed by atoms with E-state index in [2.05, 4.69) is 26.0 Å². The van der Waals surface area contributed by atoms with Crippen LogP contribution in [0.25, 0.3) is 0 Å². The largest absolute Gasteiger partial charge is 0.472 e. The predicted octanol–water partition coefficient (Wildman–Crippen LogP) is 12.6. The molecule has 320 valence electrons. The maximum atomic E-state index is 12.6. The summed E-state index contributed by atoms with van der Waals surface area (Å²) in [5.41, 5.74) is 0. The van der Waals surface area contributed by atoms with E-state index < -0.39 is 26.5 Å². The van der Waals surface area contributed by atoms with Gasteiger partial charge >= 0.3 is 19.8 Å². The van der Waals surface area contributed by atoms with E-state index in [0.717, 1.165) is 57.8 Å². The number of carbonyl (C=O) groups excluding carboxylic acids is 2. The first-order valence-electron chi connectivity index (χ1n) is 22.4. The number of nitrogens with zero attached hydrogens (tertiary/aromatic N) is 1. The number of hydrogen-bond acceptors (Lipinski definition) is 7. The highest BCUT2D eigenvalue weighted by Gasteiger charge is 2.27. The Morgan fingerprint density at radius 1 is 0.556 bits per heavy atom. The molecule has 1 unspecified atom stereocenters. The highest BCUT2D eigenvalue weighted by Crippen LogP contribution is 2.43. The van der Waals surface area contributed by atoms with E-state index >= 15 is 0 Å². The lowest BCUT2D eigenvalue weighted by molar-refractivity contribution is -0.870. The Morgan fingerprint density at radius 3 is 1.43 bits per heavy atom. The number of phosphoric acid groups is 1. The molecule has 0 amide bonds. The van der Waals surface area contributed by atoms with E-state index in [4.69, 9.17) is 18.5 Å². The predicted molar refractivity (Wildman–Crippen MR) is 224 cm³/mol. The Labute approximate surface area is 333 Å². The molecule has 0 rings (SSSR count). The van der Waals surface area contributed by atoms with Crippen LogP contribution in [0.3, 0.4) is 0 Å². The normalized spacial score (nSPS) is 13.7. The van der Waals surface area contributed by atoms with Gasteiger partial charge in [-0.05, 0) is 32.1 Å². The number of rotatable bonds is 41. The Morgan fingerprint density at radius 2 is 0.963 bits per heavy atom. The number of allylic oxidation sites excluding steroid dienone is 2. The first-order valence-corrected chi connectivity index (χ1v) is 23.9. The molecule has 0 fully saturated rings. The van der Waals surface area contributed by atoms with Crippen molar-refractivity contribution in [2.45, 2.75) is 213 Å². The smallest absolute Gasteiger partial charge is 0.462 e. The number of carbonyl (C=O) groups is 2. The van der Waals surface area contributed by atoms with Crippen molar-refractivity contribution in [2.24, 2.45) is 0 Å². The lowest BCUT2D eigenvalue weighted by atomic mass is 10.0. The summed E-state index contributed by atoms with van der Waals surface area (Å²) in [6.45, 7) is 4.40. The van der Waals surface area contributed by atoms with Gasteiger partial charge in [0.1, 0.15) is 19.8 Å². The van der Waals surface area contributed by atoms with Crippen molar-refractivity contribution < 1.29 is 42.1 Å². The molecule has 0 aliphatic heterocycles. The fourth-order valence-corrected chi connectivity index (χ4v) is 6.97. The minimum absolute atomic E-state index is 0.0330. The molecule has 0 aliphatic rings. The molecule has 0 spiro atoms. The number of hydrogen-bond donors (Lipinski definition) is 1. The Kier molecular flexibility index (Phi) is 36.5. The first kappa shape index (κ1) is 52.8. The minimum atomic E-state index is -4.37. The van der Waals surface area contributed by atoms with Gasteiger partial charge in [0.25, 0.3) is 0 Å². The van der Waals surface area contributed by atoms with Crippen molar-refractivity contribution in [2.75, 3.05) is 47.5 Å². The van der Waals surface area contributed by atoms with Gasteiger partial charge in [-0.15, -0.1) is 0 Å². The van der Waals surface area contributed by atoms with Crippen molar-refractivity contribution in [3.05, 3.63) is 12.2 Å². The maximum absolute atomic E-state index is 12.6. The third-order valence-electron chi connectivity index (χ3n) is 9.80. The average Bonchev–Trinajstić information content (AvgIpc) is 3.12. The molecule has 0 radical (unpaired) electrons. The van der Waals surface area contributed by atoms with E-state index in [-0.39, 0.29) is 25.6 Å². The summed E-state index contributed by atoms with van der Waals surface area (Å²) in [5.74, 6) is -0.800. The van der Waals surface area contributed by atoms with Crippen LogP contribution in [-0.2, 0) is 32.7 Å². The van der Waals surface area contributed by atoms with E-state index in [1.165, 1.54) is 116 Å². The Hall–Kier alpha value is -1.25. The van der Waals surface area contributed by atoms with Crippen LogP contribution in [0.1, 0.15) is 206 Å². The Balaban J connectivity index is 4.24. The third kappa shape index (κ3) is 40.4. The quantitative estimate of drug-likeness (QED) is 0.0214. The third-order valence-corrected chi connectivity index (χ3v) is 10.8. The van der Waals surface area contributed by atoms with Gasteiger partial charge in [0.2, 0.25) is 0 Å². The molecule has 9 nitrogen and oxygen atoms in total. The zero-order valence-electron chi connectivity index (χ0n) is 36.0. The van der Waals surface area contributed by atoms with Crippen LogP contribution in [-0.4, -0.2) is 74.9 Å². The average molecular weight is 789 g/mol. The van der Waals surface area contributed by atoms with Crippen LogP contribution in [0.4, 0.5) is 0 Å². The van der Waals surface area contributed by atoms with Gasteiger partial charge in [-0.1, -0.05) is 174 Å². The lowest BCUT2D eigenvalue weighted by Crippen LogP contribution is -2.37. The number of ether oxygens (including phenoxy) is 2. The standard InChI is InChI=1S/C44H86NO8P/c1-6-8-10-12-14-16-18-19-20-21-22-23-24-25-27-28-30-32-34-36-43(46)50-40-42(41-52-54(48,49)51-39-38-45(3,4)5)53-44(47)37-35-33-31-29-26-17-15-13-11-9-7-2/h13,15,42H,6-12,14,16-41H2,1-5H3/p+1/b15-13+/t42-/m0/s1. The SMILES string of the molecule is CCCC/C=C/CCCCCCCC(=O)O[C@@H](COC(=O)CCCCCCCCCCCCCCCCCCCCC)COP(=O)(O)OCC[N+](C)(C)C. The molecular formula is C44H87NO8P+. The summed E-state index contributed by atoms with van der Waals surface area (Å²) in [7, 11) is 1.48. The van der Waals surface area contributed by atoms with Crippen molar-refractivity contribution >= 4 is 19.8 Å². The first-order chi connectivity index (χ1) is 26.0. The van der Waals surface area contributed by atoms with Gasteiger partial charge in [-0.25, -0.2) is 4.57 Å². The summed E-state index contributed by atoms with van der Waals surface area (Å²) in [5, 5.41) is 0. The number of esters is 2. The number of likely N-dealkylation sites (N-methyl/N-ethyl adjacent to an activating group) is 1. The number of unbranched alkanes of at least 4 members (excludes halogenated alkanes) is 25. The lowest BCUT2D eigenvalue weighted by Gasteiger charge is -2.24. The van der Waals surface area contributed by atoms with Crippen molar-refractivity contribution in [3.63, 3.8) is 0 Å². The van der Waals surface area contributed by atoms with Gasteiger partial charge < -0.3 is 18.9 Å². The van der Waals surface area contributed by atoms with Crippen LogP contribution in [0, 0.1) is 0 Å². The summed E-state index contributed by atoms with van der Waals surface area (Å²) in [6, 6.07) is 0. The van der Waals surface area contributed by atoms with Gasteiger partial charge in [-0.2, -0.15) is 0 Å². The monoisotopic (exact) mass is 789 g/mol. The molecule has 10 heteroatoms. The molecular weight excluding hydrogens is 701 g/mol. The summed E-state index contributed by atoms with van der Waals surface area (Å²) < 4.78 is 34.3. The second kappa shape index (κ2) is 37.3. The van der Waals surface area contributed by atoms with Crippen molar-refractivity contribution in [1.82, 2.24) is 0 Å². The zero-order chi connectivity index (χ0) is 40.0. The second-order valence-corrected chi connectivity index (χ2v) is 17.9. The molecule has 0 saturated carbocycles. The highest BCUT2D eigenvalue weighted by atomic mass is 31.2. The second-order valence-electron chi connectivity index (χ2n) is 16.4. The molecule has 0 heterocycles. The topological polar surface area (TPSA) is 108 Å². The molecule has 0 aromatic rings. The van der Waals surface area contributed by atoms with Crippen molar-refractivity contribution in [1.29, 1.82) is 0 Å². The number of phosphoric ester groups is 1. The van der Waals surface area contributed by atoms with Gasteiger partial charge in [0.05, 0.1) is 27.7 Å². The maximum Gasteiger partial charge on any atom is 0.472 e. The van der Waals surface area contributed by atoms with Crippen LogP contribution in [0.5, 0.6) is 0 Å². The van der Waals surface area contributed by atoms with E-state index in [1.54, 1.807) is 0 Å². The fourth-order valence-electron chi connectivity index (χ4n) is 6.23. The molecule has 2 atom stereocenters. The molecule has 54 heavy (non-hydrogen) atoms. The van der Waals surface area contributed by atoms with E-state index in [9.17, 15) is 19.0 Å². The molecule has 0 aromatic heterocycles.